The lowest BCUT2D eigenvalue weighted by Gasteiger charge is -2.21. The molecule has 5 heteroatoms. The second kappa shape index (κ2) is 4.94. The van der Waals surface area contributed by atoms with Crippen LogP contribution in [0.1, 0.15) is 11.1 Å². The Bertz CT molecular complexity index is 636. The highest BCUT2D eigenvalue weighted by Crippen LogP contribution is 2.28. The Morgan fingerprint density at radius 1 is 1.33 bits per heavy atom. The van der Waals surface area contributed by atoms with Gasteiger partial charge in [0.15, 0.2) is 5.82 Å². The lowest BCUT2D eigenvalue weighted by atomic mass is 10.1. The number of anilines is 2. The molecule has 0 spiro atoms. The van der Waals surface area contributed by atoms with Crippen LogP contribution in [0.3, 0.4) is 0 Å². The Labute approximate surface area is 114 Å². The summed E-state index contributed by atoms with van der Waals surface area (Å²) in [6.07, 6.45) is 1.41. The highest BCUT2D eigenvalue weighted by atomic mass is 79.9. The summed E-state index contributed by atoms with van der Waals surface area (Å²) in [7, 11) is 1.89. The smallest absolute Gasteiger partial charge is 0.267 e. The van der Waals surface area contributed by atoms with Crippen LogP contribution >= 0.6 is 15.9 Å². The van der Waals surface area contributed by atoms with E-state index in [1.54, 1.807) is 0 Å². The van der Waals surface area contributed by atoms with Crippen molar-refractivity contribution < 1.29 is 0 Å². The van der Waals surface area contributed by atoms with E-state index in [9.17, 15) is 4.79 Å². The third kappa shape index (κ3) is 2.31. The van der Waals surface area contributed by atoms with E-state index in [0.29, 0.717) is 10.3 Å². The average Bonchev–Trinajstić information content (AvgIpc) is 2.32. The molecule has 0 radical (unpaired) electrons. The molecule has 0 saturated heterocycles. The van der Waals surface area contributed by atoms with Crippen LogP contribution in [0.2, 0.25) is 0 Å². The van der Waals surface area contributed by atoms with Gasteiger partial charge in [-0.05, 0) is 41.4 Å². The van der Waals surface area contributed by atoms with E-state index in [0.717, 1.165) is 11.3 Å². The minimum Gasteiger partial charge on any atom is -0.328 e. The monoisotopic (exact) mass is 307 g/mol. The summed E-state index contributed by atoms with van der Waals surface area (Å²) < 4.78 is 0.437. The fraction of sp³-hybridized carbons (Fsp3) is 0.231. The predicted molar refractivity (Wildman–Crippen MR) is 76.5 cm³/mol. The zero-order chi connectivity index (χ0) is 13.3. The van der Waals surface area contributed by atoms with Crippen LogP contribution in [0.25, 0.3) is 0 Å². The first kappa shape index (κ1) is 12.8. The van der Waals surface area contributed by atoms with E-state index in [1.807, 2.05) is 31.0 Å². The summed E-state index contributed by atoms with van der Waals surface area (Å²) in [5, 5.41) is 0. The number of aromatic nitrogens is 2. The van der Waals surface area contributed by atoms with Crippen LogP contribution in [0.5, 0.6) is 0 Å². The van der Waals surface area contributed by atoms with Gasteiger partial charge in [-0.1, -0.05) is 17.7 Å². The normalized spacial score (nSPS) is 10.4. The number of rotatable bonds is 2. The molecule has 18 heavy (non-hydrogen) atoms. The Balaban J connectivity index is 2.51. The van der Waals surface area contributed by atoms with Crippen molar-refractivity contribution >= 4 is 27.4 Å². The van der Waals surface area contributed by atoms with Crippen LogP contribution in [0.15, 0.2) is 33.8 Å². The lowest BCUT2D eigenvalue weighted by molar-refractivity contribution is 1.03. The summed E-state index contributed by atoms with van der Waals surface area (Å²) in [6.45, 7) is 4.10. The highest BCUT2D eigenvalue weighted by molar-refractivity contribution is 9.10. The van der Waals surface area contributed by atoms with Crippen molar-refractivity contribution in [3.63, 3.8) is 0 Å². The van der Waals surface area contributed by atoms with E-state index in [4.69, 9.17) is 0 Å². The summed E-state index contributed by atoms with van der Waals surface area (Å²) >= 11 is 3.27. The standard InChI is InChI=1S/C13H14BrN3O/c1-8-4-5-10(9(2)6-8)17(3)12-11(14)13(18)16-7-15-12/h4-7H,1-3H3,(H,15,16,18). The van der Waals surface area contributed by atoms with Crippen LogP contribution in [-0.4, -0.2) is 17.0 Å². The molecule has 2 rings (SSSR count). The van der Waals surface area contributed by atoms with Gasteiger partial charge in [0.2, 0.25) is 0 Å². The molecule has 0 aliphatic rings. The zero-order valence-corrected chi connectivity index (χ0v) is 12.1. The molecule has 0 saturated carbocycles. The molecule has 0 bridgehead atoms. The summed E-state index contributed by atoms with van der Waals surface area (Å²) in [5.41, 5.74) is 3.20. The molecular formula is C13H14BrN3O. The van der Waals surface area contributed by atoms with E-state index in [2.05, 4.69) is 38.9 Å². The number of halogens is 1. The number of hydrogen-bond donors (Lipinski definition) is 1. The minimum absolute atomic E-state index is 0.184. The molecule has 0 atom stereocenters. The maximum Gasteiger partial charge on any atom is 0.267 e. The number of hydrogen-bond acceptors (Lipinski definition) is 3. The zero-order valence-electron chi connectivity index (χ0n) is 10.5. The van der Waals surface area contributed by atoms with Gasteiger partial charge in [-0.2, -0.15) is 0 Å². The number of H-pyrrole nitrogens is 1. The third-order valence-electron chi connectivity index (χ3n) is 2.81. The third-order valence-corrected chi connectivity index (χ3v) is 3.52. The lowest BCUT2D eigenvalue weighted by Crippen LogP contribution is -2.18. The molecule has 0 aliphatic heterocycles. The maximum atomic E-state index is 11.5. The number of nitrogens with one attached hydrogen (secondary N) is 1. The van der Waals surface area contributed by atoms with Crippen LogP contribution in [-0.2, 0) is 0 Å². The molecule has 1 N–H and O–H groups in total. The Kier molecular flexibility index (Phi) is 3.52. The van der Waals surface area contributed by atoms with Gasteiger partial charge in [-0.3, -0.25) is 4.79 Å². The van der Waals surface area contributed by atoms with Gasteiger partial charge in [0.05, 0.1) is 6.33 Å². The van der Waals surface area contributed by atoms with Crippen LogP contribution < -0.4 is 10.5 Å². The summed E-state index contributed by atoms with van der Waals surface area (Å²) in [4.78, 5) is 20.2. The first-order valence-electron chi connectivity index (χ1n) is 5.55. The van der Waals surface area contributed by atoms with Crippen molar-refractivity contribution in [3.05, 3.63) is 50.5 Å². The number of benzene rings is 1. The quantitative estimate of drug-likeness (QED) is 0.928. The number of aromatic amines is 1. The number of nitrogens with zero attached hydrogens (tertiary/aromatic N) is 2. The molecule has 2 aromatic rings. The van der Waals surface area contributed by atoms with Gasteiger partial charge in [0.1, 0.15) is 4.47 Å². The first-order valence-corrected chi connectivity index (χ1v) is 6.34. The van der Waals surface area contributed by atoms with Crippen molar-refractivity contribution in [2.45, 2.75) is 13.8 Å². The summed E-state index contributed by atoms with van der Waals surface area (Å²) in [5.74, 6) is 0.603. The van der Waals surface area contributed by atoms with E-state index in [1.165, 1.54) is 11.9 Å². The molecule has 0 amide bonds. The van der Waals surface area contributed by atoms with Gasteiger partial charge >= 0.3 is 0 Å². The van der Waals surface area contributed by atoms with Crippen LogP contribution in [0.4, 0.5) is 11.5 Å². The van der Waals surface area contributed by atoms with Gasteiger partial charge in [-0.15, -0.1) is 0 Å². The average molecular weight is 308 g/mol. The minimum atomic E-state index is -0.184. The highest BCUT2D eigenvalue weighted by Gasteiger charge is 2.13. The fourth-order valence-electron chi connectivity index (χ4n) is 1.90. The van der Waals surface area contributed by atoms with Crippen molar-refractivity contribution in [2.75, 3.05) is 11.9 Å². The van der Waals surface area contributed by atoms with Crippen molar-refractivity contribution in [1.29, 1.82) is 0 Å². The largest absolute Gasteiger partial charge is 0.328 e. The van der Waals surface area contributed by atoms with Gasteiger partial charge in [0, 0.05) is 12.7 Å². The number of aryl methyl sites for hydroxylation is 2. The summed E-state index contributed by atoms with van der Waals surface area (Å²) in [6, 6.07) is 6.17. The molecule has 4 nitrogen and oxygen atoms in total. The molecule has 1 aromatic carbocycles. The molecular weight excluding hydrogens is 294 g/mol. The Hall–Kier alpha value is -1.62. The molecule has 1 heterocycles. The Morgan fingerprint density at radius 2 is 2.06 bits per heavy atom. The molecule has 0 unspecified atom stereocenters. The second-order valence-electron chi connectivity index (χ2n) is 4.22. The SMILES string of the molecule is Cc1ccc(N(C)c2nc[nH]c(=O)c2Br)c(C)c1. The second-order valence-corrected chi connectivity index (χ2v) is 5.01. The Morgan fingerprint density at radius 3 is 2.72 bits per heavy atom. The first-order chi connectivity index (χ1) is 8.50. The van der Waals surface area contributed by atoms with Gasteiger partial charge in [0.25, 0.3) is 5.56 Å². The van der Waals surface area contributed by atoms with E-state index >= 15 is 0 Å². The van der Waals surface area contributed by atoms with E-state index < -0.39 is 0 Å². The fourth-order valence-corrected chi connectivity index (χ4v) is 2.39. The maximum absolute atomic E-state index is 11.5. The van der Waals surface area contributed by atoms with Crippen LogP contribution in [0, 0.1) is 13.8 Å². The molecule has 0 fully saturated rings. The van der Waals surface area contributed by atoms with Gasteiger partial charge < -0.3 is 9.88 Å². The predicted octanol–water partition coefficient (Wildman–Crippen LogP) is 2.92. The molecule has 0 aliphatic carbocycles. The molecule has 1 aromatic heterocycles. The topological polar surface area (TPSA) is 49.0 Å². The van der Waals surface area contributed by atoms with Crippen molar-refractivity contribution in [2.24, 2.45) is 0 Å². The van der Waals surface area contributed by atoms with Crippen molar-refractivity contribution in [3.8, 4) is 0 Å². The van der Waals surface area contributed by atoms with E-state index in [-0.39, 0.29) is 5.56 Å². The van der Waals surface area contributed by atoms with Crippen molar-refractivity contribution in [1.82, 2.24) is 9.97 Å². The molecule has 94 valence electrons. The van der Waals surface area contributed by atoms with Gasteiger partial charge in [-0.25, -0.2) is 4.98 Å².